The summed E-state index contributed by atoms with van der Waals surface area (Å²) in [4.78, 5) is 25.0. The van der Waals surface area contributed by atoms with Crippen molar-refractivity contribution < 1.29 is 24.2 Å². The molecule has 0 radical (unpaired) electrons. The first-order valence-corrected chi connectivity index (χ1v) is 8.00. The van der Waals surface area contributed by atoms with Crippen molar-refractivity contribution in [2.24, 2.45) is 0 Å². The van der Waals surface area contributed by atoms with Gasteiger partial charge in [0.25, 0.3) is 5.91 Å². The summed E-state index contributed by atoms with van der Waals surface area (Å²) in [5.74, 6) is -0.633. The van der Waals surface area contributed by atoms with Gasteiger partial charge in [-0.3, -0.25) is 9.59 Å². The third-order valence-electron chi connectivity index (χ3n) is 4.09. The number of hydrogen-bond donors (Lipinski definition) is 1. The van der Waals surface area contributed by atoms with Crippen molar-refractivity contribution in [1.82, 2.24) is 4.90 Å². The fraction of sp³-hybridized carbons (Fsp3) is 0.529. The van der Waals surface area contributed by atoms with Crippen molar-refractivity contribution >= 4 is 11.9 Å². The van der Waals surface area contributed by atoms with Gasteiger partial charge < -0.3 is 19.5 Å². The molecule has 0 aromatic heterocycles. The van der Waals surface area contributed by atoms with Gasteiger partial charge in [0, 0.05) is 18.2 Å². The molecule has 1 saturated carbocycles. The van der Waals surface area contributed by atoms with Gasteiger partial charge in [-0.2, -0.15) is 0 Å². The maximum atomic E-state index is 12.6. The third kappa shape index (κ3) is 4.22. The number of carbonyl (C=O) groups excluding carboxylic acids is 1. The Bertz CT molecular complexity index is 578. The molecule has 1 N–H and O–H groups in total. The summed E-state index contributed by atoms with van der Waals surface area (Å²) in [6.07, 6.45) is 3.90. The molecule has 6 heteroatoms. The molecule has 124 valence electrons. The first-order chi connectivity index (χ1) is 11.1. The van der Waals surface area contributed by atoms with E-state index in [1.807, 2.05) is 0 Å². The zero-order valence-electron chi connectivity index (χ0n) is 12.9. The van der Waals surface area contributed by atoms with Crippen molar-refractivity contribution in [3.8, 4) is 5.75 Å². The van der Waals surface area contributed by atoms with E-state index in [-0.39, 0.29) is 24.6 Å². The van der Waals surface area contributed by atoms with Gasteiger partial charge in [-0.25, -0.2) is 0 Å². The first-order valence-electron chi connectivity index (χ1n) is 8.00. The van der Waals surface area contributed by atoms with Crippen molar-refractivity contribution in [3.63, 3.8) is 0 Å². The highest BCUT2D eigenvalue weighted by Crippen LogP contribution is 2.28. The molecule has 1 aromatic rings. The Balaban J connectivity index is 1.65. The van der Waals surface area contributed by atoms with Crippen LogP contribution in [0.1, 0.15) is 36.0 Å². The average molecular weight is 319 g/mol. The number of amides is 1. The van der Waals surface area contributed by atoms with Crippen LogP contribution in [0.15, 0.2) is 24.3 Å². The predicted octanol–water partition coefficient (Wildman–Crippen LogP) is 1.93. The van der Waals surface area contributed by atoms with E-state index in [4.69, 9.17) is 14.6 Å². The summed E-state index contributed by atoms with van der Waals surface area (Å²) in [7, 11) is 0. The molecule has 1 aliphatic carbocycles. The van der Waals surface area contributed by atoms with Crippen LogP contribution in [0.2, 0.25) is 0 Å². The normalized spacial score (nSPS) is 20.3. The van der Waals surface area contributed by atoms with Crippen LogP contribution >= 0.6 is 0 Å². The number of hydrogen-bond acceptors (Lipinski definition) is 4. The number of carboxylic acids is 1. The van der Waals surface area contributed by atoms with E-state index in [1.54, 1.807) is 24.3 Å². The van der Waals surface area contributed by atoms with Crippen molar-refractivity contribution in [1.29, 1.82) is 0 Å². The fourth-order valence-corrected chi connectivity index (χ4v) is 2.75. The largest absolute Gasteiger partial charge is 0.491 e. The lowest BCUT2D eigenvalue weighted by molar-refractivity contribution is -0.137. The Morgan fingerprint density at radius 2 is 2.13 bits per heavy atom. The van der Waals surface area contributed by atoms with Crippen LogP contribution in [-0.4, -0.2) is 53.8 Å². The van der Waals surface area contributed by atoms with Crippen LogP contribution in [0, 0.1) is 0 Å². The summed E-state index contributed by atoms with van der Waals surface area (Å²) in [5.41, 5.74) is 0.461. The number of benzene rings is 1. The number of ether oxygens (including phenoxy) is 2. The smallest absolute Gasteiger partial charge is 0.323 e. The van der Waals surface area contributed by atoms with Gasteiger partial charge in [0.05, 0.1) is 6.10 Å². The van der Waals surface area contributed by atoms with Crippen LogP contribution < -0.4 is 4.74 Å². The predicted molar refractivity (Wildman–Crippen MR) is 82.6 cm³/mol. The van der Waals surface area contributed by atoms with E-state index in [1.165, 1.54) is 4.90 Å². The minimum atomic E-state index is -0.990. The molecule has 0 unspecified atom stereocenters. The third-order valence-corrected chi connectivity index (χ3v) is 4.09. The van der Waals surface area contributed by atoms with Gasteiger partial charge in [0.1, 0.15) is 18.9 Å². The maximum Gasteiger partial charge on any atom is 0.323 e. The second-order valence-corrected chi connectivity index (χ2v) is 6.03. The molecule has 6 nitrogen and oxygen atoms in total. The Morgan fingerprint density at radius 1 is 1.30 bits per heavy atom. The Kier molecular flexibility index (Phi) is 4.81. The molecule has 23 heavy (non-hydrogen) atoms. The maximum absolute atomic E-state index is 12.6. The molecule has 1 amide bonds. The number of aliphatic carboxylic acids is 1. The Hall–Kier alpha value is -2.08. The fourth-order valence-electron chi connectivity index (χ4n) is 2.75. The van der Waals surface area contributed by atoms with E-state index in [0.717, 1.165) is 32.3 Å². The summed E-state index contributed by atoms with van der Waals surface area (Å²) < 4.78 is 11.2. The average Bonchev–Trinajstić information content (AvgIpc) is 3.25. The second kappa shape index (κ2) is 7.00. The molecule has 3 rings (SSSR count). The molecule has 1 saturated heterocycles. The summed E-state index contributed by atoms with van der Waals surface area (Å²) >= 11 is 0. The van der Waals surface area contributed by atoms with Gasteiger partial charge in [-0.05, 0) is 43.9 Å². The SMILES string of the molecule is O=C(O)CN(C(=O)c1cccc(OC[C@@H]2CCCO2)c1)C1CC1. The molecule has 1 atom stereocenters. The van der Waals surface area contributed by atoms with E-state index in [9.17, 15) is 9.59 Å². The van der Waals surface area contributed by atoms with Gasteiger partial charge in [-0.1, -0.05) is 6.07 Å². The number of carbonyl (C=O) groups is 2. The van der Waals surface area contributed by atoms with Crippen LogP contribution in [0.3, 0.4) is 0 Å². The Labute approximate surface area is 135 Å². The van der Waals surface area contributed by atoms with E-state index < -0.39 is 5.97 Å². The lowest BCUT2D eigenvalue weighted by Gasteiger charge is -2.20. The van der Waals surface area contributed by atoms with Crippen molar-refractivity contribution in [2.75, 3.05) is 19.8 Å². The van der Waals surface area contributed by atoms with Crippen LogP contribution in [0.5, 0.6) is 5.75 Å². The molecule has 1 heterocycles. The topological polar surface area (TPSA) is 76.1 Å². The zero-order chi connectivity index (χ0) is 16.2. The van der Waals surface area contributed by atoms with E-state index in [2.05, 4.69) is 0 Å². The van der Waals surface area contributed by atoms with Crippen molar-refractivity contribution in [2.45, 2.75) is 37.8 Å². The molecule has 2 fully saturated rings. The molecule has 0 bridgehead atoms. The highest BCUT2D eigenvalue weighted by atomic mass is 16.5. The summed E-state index contributed by atoms with van der Waals surface area (Å²) in [6, 6.07) is 6.97. The minimum Gasteiger partial charge on any atom is -0.491 e. The summed E-state index contributed by atoms with van der Waals surface area (Å²) in [5, 5.41) is 8.98. The minimum absolute atomic E-state index is 0.0510. The monoisotopic (exact) mass is 319 g/mol. The highest BCUT2D eigenvalue weighted by Gasteiger charge is 2.34. The highest BCUT2D eigenvalue weighted by molar-refractivity contribution is 5.96. The van der Waals surface area contributed by atoms with Gasteiger partial charge >= 0.3 is 5.97 Å². The quantitative estimate of drug-likeness (QED) is 0.831. The number of rotatable bonds is 7. The lowest BCUT2D eigenvalue weighted by Crippen LogP contribution is -2.37. The van der Waals surface area contributed by atoms with Crippen LogP contribution in [-0.2, 0) is 9.53 Å². The van der Waals surface area contributed by atoms with Gasteiger partial charge in [-0.15, -0.1) is 0 Å². The van der Waals surface area contributed by atoms with E-state index in [0.29, 0.717) is 17.9 Å². The van der Waals surface area contributed by atoms with E-state index >= 15 is 0 Å². The standard InChI is InChI=1S/C17H21NO5/c19-16(20)10-18(13-6-7-13)17(21)12-3-1-4-14(9-12)23-11-15-5-2-8-22-15/h1,3-4,9,13,15H,2,5-8,10-11H2,(H,19,20)/t15-/m0/s1. The van der Waals surface area contributed by atoms with Crippen LogP contribution in [0.4, 0.5) is 0 Å². The molecule has 0 spiro atoms. The molecule has 1 aromatic carbocycles. The molecular formula is C17H21NO5. The lowest BCUT2D eigenvalue weighted by atomic mass is 10.2. The first kappa shape index (κ1) is 15.8. The molecular weight excluding hydrogens is 298 g/mol. The Morgan fingerprint density at radius 3 is 2.78 bits per heavy atom. The number of nitrogens with zero attached hydrogens (tertiary/aromatic N) is 1. The molecule has 1 aliphatic heterocycles. The van der Waals surface area contributed by atoms with Gasteiger partial charge in [0.15, 0.2) is 0 Å². The number of carboxylic acid groups (broad SMARTS) is 1. The van der Waals surface area contributed by atoms with Crippen molar-refractivity contribution in [3.05, 3.63) is 29.8 Å². The van der Waals surface area contributed by atoms with Gasteiger partial charge in [0.2, 0.25) is 0 Å². The van der Waals surface area contributed by atoms with Crippen LogP contribution in [0.25, 0.3) is 0 Å². The zero-order valence-corrected chi connectivity index (χ0v) is 12.9. The molecule has 2 aliphatic rings. The second-order valence-electron chi connectivity index (χ2n) is 6.03. The summed E-state index contributed by atoms with van der Waals surface area (Å²) in [6.45, 7) is 0.988.